The molecule has 0 fully saturated rings. The van der Waals surface area contributed by atoms with Gasteiger partial charge in [0, 0.05) is 10.0 Å². The zero-order valence-electron chi connectivity index (χ0n) is 21.8. The van der Waals surface area contributed by atoms with E-state index in [-0.39, 0.29) is 51.0 Å². The molecule has 0 saturated carbocycles. The third-order valence-corrected chi connectivity index (χ3v) is 7.37. The van der Waals surface area contributed by atoms with Crippen molar-refractivity contribution in [1.29, 1.82) is 0 Å². The van der Waals surface area contributed by atoms with E-state index in [1.54, 1.807) is 0 Å². The normalized spacial score (nSPS) is 20.2. The molecule has 0 aliphatic heterocycles. The van der Waals surface area contributed by atoms with Crippen molar-refractivity contribution in [2.45, 2.75) is 38.5 Å². The Bertz CT molecular complexity index is 1290. The van der Waals surface area contributed by atoms with E-state index in [1.165, 1.54) is 44.6 Å². The molecule has 4 aliphatic rings. The molecular formula is C34H28Cl4Zr. The average molecular weight is 670 g/mol. The first-order valence-corrected chi connectivity index (χ1v) is 13.1. The third-order valence-electron chi connectivity index (χ3n) is 6.87. The van der Waals surface area contributed by atoms with Crippen LogP contribution in [0.25, 0.3) is 0 Å². The molecule has 4 aliphatic carbocycles. The second kappa shape index (κ2) is 15.4. The van der Waals surface area contributed by atoms with Crippen LogP contribution in [0.2, 0.25) is 10.0 Å². The van der Waals surface area contributed by atoms with Crippen molar-refractivity contribution in [2.24, 2.45) is 0 Å². The summed E-state index contributed by atoms with van der Waals surface area (Å²) in [4.78, 5) is 0. The van der Waals surface area contributed by atoms with Crippen LogP contribution in [-0.2, 0) is 26.2 Å². The average Bonchev–Trinajstić information content (AvgIpc) is 3.28. The van der Waals surface area contributed by atoms with Crippen molar-refractivity contribution < 1.29 is 51.0 Å². The fourth-order valence-electron chi connectivity index (χ4n) is 5.15. The zero-order chi connectivity index (χ0) is 25.1. The number of rotatable bonds is 2. The van der Waals surface area contributed by atoms with Crippen molar-refractivity contribution in [2.75, 3.05) is 0 Å². The Kier molecular flexibility index (Phi) is 13.3. The van der Waals surface area contributed by atoms with Crippen LogP contribution in [0.4, 0.5) is 0 Å². The minimum absolute atomic E-state index is 0. The number of hydrogen-bond donors (Lipinski definition) is 0. The minimum atomic E-state index is 0. The van der Waals surface area contributed by atoms with Gasteiger partial charge in [-0.15, -0.1) is 47.6 Å². The monoisotopic (exact) mass is 666 g/mol. The second-order valence-corrected chi connectivity index (χ2v) is 10.4. The molecule has 0 bridgehead atoms. The van der Waals surface area contributed by atoms with Crippen molar-refractivity contribution in [1.82, 2.24) is 0 Å². The summed E-state index contributed by atoms with van der Waals surface area (Å²) in [6.45, 7) is 4.20. The van der Waals surface area contributed by atoms with Gasteiger partial charge in [-0.2, -0.15) is 34.4 Å². The van der Waals surface area contributed by atoms with Crippen LogP contribution in [0.3, 0.4) is 0 Å². The van der Waals surface area contributed by atoms with Crippen LogP contribution in [0.1, 0.15) is 49.7 Å². The molecule has 0 N–H and O–H groups in total. The summed E-state index contributed by atoms with van der Waals surface area (Å²) >= 11 is 11.9. The van der Waals surface area contributed by atoms with E-state index in [0.29, 0.717) is 11.8 Å². The van der Waals surface area contributed by atoms with Gasteiger partial charge in [-0.3, -0.25) is 0 Å². The Labute approximate surface area is 274 Å². The van der Waals surface area contributed by atoms with Crippen LogP contribution in [0.5, 0.6) is 0 Å². The van der Waals surface area contributed by atoms with Gasteiger partial charge in [-0.05, 0) is 60.1 Å². The molecular weight excluding hydrogens is 641 g/mol. The fraction of sp³-hybridized carbons (Fsp3) is 0.176. The third kappa shape index (κ3) is 8.22. The SMILES string of the molecule is CC1=[C-]C2=CC=CCC(c3ccc(Cl)cc3)C2=C1.CC1=[C-]C2=CC=CCC(c3ccc(Cl)cc3)C2=C1.[Cl-].[Cl-].[Zr+4]. The standard InChI is InChI=1S/2C17H14Cl.2ClH.Zr/c2*1-12-10-14-4-2-3-5-16(17(14)11-12)13-6-8-15(18)9-7-13;;;/h2*2-4,6-9,11,16H,5H2,1H3;2*1H;/q2*-1;;;+4/p-2. The molecule has 2 aromatic carbocycles. The first-order valence-electron chi connectivity index (χ1n) is 12.4. The fourth-order valence-corrected chi connectivity index (χ4v) is 5.40. The molecule has 39 heavy (non-hydrogen) atoms. The summed E-state index contributed by atoms with van der Waals surface area (Å²) in [5.41, 5.74) is 10.3. The molecule has 0 spiro atoms. The second-order valence-electron chi connectivity index (χ2n) is 9.51. The van der Waals surface area contributed by atoms with E-state index in [2.05, 4.69) is 98.9 Å². The van der Waals surface area contributed by atoms with Gasteiger partial charge >= 0.3 is 26.2 Å². The largest absolute Gasteiger partial charge is 4.00 e. The number of fused-ring (bicyclic) bond motifs is 2. The smallest absolute Gasteiger partial charge is 1.00 e. The maximum absolute atomic E-state index is 5.96. The molecule has 6 rings (SSSR count). The quantitative estimate of drug-likeness (QED) is 0.425. The van der Waals surface area contributed by atoms with E-state index >= 15 is 0 Å². The Morgan fingerprint density at radius 3 is 1.33 bits per heavy atom. The van der Waals surface area contributed by atoms with Gasteiger partial charge in [0.25, 0.3) is 0 Å². The number of halogens is 4. The Morgan fingerprint density at radius 1 is 0.615 bits per heavy atom. The van der Waals surface area contributed by atoms with E-state index in [1.807, 2.05) is 24.3 Å². The van der Waals surface area contributed by atoms with Gasteiger partial charge < -0.3 is 24.8 Å². The van der Waals surface area contributed by atoms with Gasteiger partial charge in [0.1, 0.15) is 0 Å². The summed E-state index contributed by atoms with van der Waals surface area (Å²) in [6.07, 6.45) is 26.4. The first kappa shape index (κ1) is 33.6. The number of benzene rings is 2. The van der Waals surface area contributed by atoms with E-state index in [9.17, 15) is 0 Å². The minimum Gasteiger partial charge on any atom is -1.00 e. The van der Waals surface area contributed by atoms with Crippen LogP contribution < -0.4 is 24.8 Å². The number of allylic oxidation sites excluding steroid dienone is 16. The van der Waals surface area contributed by atoms with Crippen LogP contribution in [0.15, 0.2) is 131 Å². The van der Waals surface area contributed by atoms with Gasteiger partial charge in [0.15, 0.2) is 0 Å². The van der Waals surface area contributed by atoms with Crippen LogP contribution in [-0.4, -0.2) is 0 Å². The molecule has 0 radical (unpaired) electrons. The van der Waals surface area contributed by atoms with Crippen LogP contribution >= 0.6 is 23.2 Å². The predicted octanol–water partition coefficient (Wildman–Crippen LogP) is 4.00. The first-order chi connectivity index (χ1) is 17.5. The molecule has 0 amide bonds. The van der Waals surface area contributed by atoms with Gasteiger partial charge in [-0.1, -0.05) is 73.5 Å². The summed E-state index contributed by atoms with van der Waals surface area (Å²) in [5.74, 6) is 0.828. The summed E-state index contributed by atoms with van der Waals surface area (Å²) in [6, 6.07) is 16.4. The van der Waals surface area contributed by atoms with Gasteiger partial charge in [0.2, 0.25) is 0 Å². The van der Waals surface area contributed by atoms with Crippen molar-refractivity contribution in [3.63, 3.8) is 0 Å². The molecule has 2 atom stereocenters. The Morgan fingerprint density at radius 2 is 0.974 bits per heavy atom. The van der Waals surface area contributed by atoms with Crippen molar-refractivity contribution >= 4 is 23.2 Å². The molecule has 2 unspecified atom stereocenters. The molecule has 0 saturated heterocycles. The summed E-state index contributed by atoms with van der Waals surface area (Å²) < 4.78 is 0. The Balaban J connectivity index is 0.000000254. The van der Waals surface area contributed by atoms with Crippen molar-refractivity contribution in [3.8, 4) is 0 Å². The number of hydrogen-bond acceptors (Lipinski definition) is 0. The summed E-state index contributed by atoms with van der Waals surface area (Å²) in [7, 11) is 0. The van der Waals surface area contributed by atoms with E-state index < -0.39 is 0 Å². The molecule has 0 aromatic heterocycles. The maximum atomic E-state index is 5.96. The van der Waals surface area contributed by atoms with Crippen molar-refractivity contribution in [3.05, 3.63) is 164 Å². The molecule has 0 nitrogen and oxygen atoms in total. The molecule has 0 heterocycles. The van der Waals surface area contributed by atoms with E-state index in [4.69, 9.17) is 23.2 Å². The maximum Gasteiger partial charge on any atom is 4.00 e. The molecule has 196 valence electrons. The summed E-state index contributed by atoms with van der Waals surface area (Å²) in [5, 5.41) is 1.58. The molecule has 5 heteroatoms. The molecule has 2 aromatic rings. The Hall–Kier alpha value is -1.60. The predicted molar refractivity (Wildman–Crippen MR) is 153 cm³/mol. The van der Waals surface area contributed by atoms with Gasteiger partial charge in [-0.25, -0.2) is 0 Å². The zero-order valence-corrected chi connectivity index (χ0v) is 27.3. The van der Waals surface area contributed by atoms with E-state index in [0.717, 1.165) is 22.9 Å². The topological polar surface area (TPSA) is 0 Å². The van der Waals surface area contributed by atoms with Gasteiger partial charge in [0.05, 0.1) is 0 Å². The van der Waals surface area contributed by atoms with Crippen LogP contribution in [0, 0.1) is 12.2 Å².